The molecule has 2 aromatic rings. The zero-order valence-electron chi connectivity index (χ0n) is 8.05. The highest BCUT2D eigenvalue weighted by Gasteiger charge is 2.09. The minimum atomic E-state index is 0.130. The number of nitrogens with one attached hydrogen (secondary N) is 1. The Bertz CT molecular complexity index is 447. The van der Waals surface area contributed by atoms with Crippen molar-refractivity contribution in [3.63, 3.8) is 0 Å². The summed E-state index contributed by atoms with van der Waals surface area (Å²) in [4.78, 5) is 3.23. The number of benzene rings is 1. The zero-order valence-corrected chi connectivity index (χ0v) is 9.64. The maximum absolute atomic E-state index is 6.01. The largest absolute Gasteiger partial charge is 0.361 e. The number of fused-ring (bicyclic) bond motifs is 1. The Morgan fingerprint density at radius 3 is 3.00 bits per heavy atom. The summed E-state index contributed by atoms with van der Waals surface area (Å²) < 4.78 is 1.09. The first-order chi connectivity index (χ1) is 6.72. The Morgan fingerprint density at radius 2 is 2.29 bits per heavy atom. The first-order valence-corrected chi connectivity index (χ1v) is 5.53. The Hall–Kier alpha value is -0.800. The lowest BCUT2D eigenvalue weighted by Gasteiger charge is -2.06. The summed E-state index contributed by atoms with van der Waals surface area (Å²) in [5.41, 5.74) is 8.35. The summed E-state index contributed by atoms with van der Waals surface area (Å²) in [6.07, 6.45) is 2.97. The molecule has 1 atom stereocenters. The van der Waals surface area contributed by atoms with Crippen molar-refractivity contribution in [2.24, 2.45) is 5.73 Å². The minimum absolute atomic E-state index is 0.130. The lowest BCUT2D eigenvalue weighted by Crippen LogP contribution is -2.07. The molecule has 0 spiro atoms. The smallest absolute Gasteiger partial charge is 0.0468 e. The van der Waals surface area contributed by atoms with E-state index in [1.54, 1.807) is 0 Å². The lowest BCUT2D eigenvalue weighted by molar-refractivity contribution is 0.704. The number of aromatic amines is 1. The van der Waals surface area contributed by atoms with Gasteiger partial charge in [0, 0.05) is 27.6 Å². The summed E-state index contributed by atoms with van der Waals surface area (Å²) >= 11 is 3.44. The highest BCUT2D eigenvalue weighted by Crippen LogP contribution is 2.26. The highest BCUT2D eigenvalue weighted by atomic mass is 79.9. The molecule has 2 rings (SSSR count). The van der Waals surface area contributed by atoms with Gasteiger partial charge in [-0.15, -0.1) is 0 Å². The molecule has 14 heavy (non-hydrogen) atoms. The van der Waals surface area contributed by atoms with E-state index in [0.29, 0.717) is 0 Å². The molecule has 0 saturated heterocycles. The molecule has 0 fully saturated rings. The number of halogens is 1. The van der Waals surface area contributed by atoms with E-state index >= 15 is 0 Å². The lowest BCUT2D eigenvalue weighted by atomic mass is 10.0. The predicted octanol–water partition coefficient (Wildman–Crippen LogP) is 3.34. The Balaban J connectivity index is 2.58. The van der Waals surface area contributed by atoms with Gasteiger partial charge in [-0.3, -0.25) is 0 Å². The number of nitrogens with two attached hydrogens (primary N) is 1. The monoisotopic (exact) mass is 252 g/mol. The third-order valence-electron chi connectivity index (χ3n) is 2.52. The molecule has 3 heteroatoms. The van der Waals surface area contributed by atoms with Gasteiger partial charge in [-0.25, -0.2) is 0 Å². The zero-order chi connectivity index (χ0) is 10.1. The van der Waals surface area contributed by atoms with E-state index in [1.165, 1.54) is 10.9 Å². The van der Waals surface area contributed by atoms with E-state index in [9.17, 15) is 0 Å². The first-order valence-electron chi connectivity index (χ1n) is 4.74. The number of hydrogen-bond acceptors (Lipinski definition) is 1. The Morgan fingerprint density at radius 1 is 1.50 bits per heavy atom. The van der Waals surface area contributed by atoms with E-state index in [0.717, 1.165) is 16.4 Å². The van der Waals surface area contributed by atoms with Crippen LogP contribution < -0.4 is 5.73 Å². The summed E-state index contributed by atoms with van der Waals surface area (Å²) in [6, 6.07) is 6.34. The van der Waals surface area contributed by atoms with Crippen molar-refractivity contribution in [1.29, 1.82) is 0 Å². The van der Waals surface area contributed by atoms with E-state index in [2.05, 4.69) is 40.0 Å². The van der Waals surface area contributed by atoms with Gasteiger partial charge in [0.2, 0.25) is 0 Å². The SMILES string of the molecule is CCC(N)c1c[nH]c2cc(Br)ccc12. The van der Waals surface area contributed by atoms with Crippen LogP contribution >= 0.6 is 15.9 Å². The van der Waals surface area contributed by atoms with E-state index in [1.807, 2.05) is 12.3 Å². The van der Waals surface area contributed by atoms with Crippen molar-refractivity contribution in [3.8, 4) is 0 Å². The summed E-state index contributed by atoms with van der Waals surface area (Å²) in [5.74, 6) is 0. The van der Waals surface area contributed by atoms with Gasteiger partial charge < -0.3 is 10.7 Å². The maximum atomic E-state index is 6.01. The molecular formula is C11H13BrN2. The third kappa shape index (κ3) is 1.57. The molecule has 1 aromatic carbocycles. The Kier molecular flexibility index (Phi) is 2.61. The van der Waals surface area contributed by atoms with Gasteiger partial charge in [-0.1, -0.05) is 28.9 Å². The van der Waals surface area contributed by atoms with Gasteiger partial charge in [0.15, 0.2) is 0 Å². The molecule has 74 valence electrons. The van der Waals surface area contributed by atoms with Crippen molar-refractivity contribution < 1.29 is 0 Å². The van der Waals surface area contributed by atoms with Crippen LogP contribution in [0, 0.1) is 0 Å². The molecule has 0 saturated carbocycles. The number of aromatic nitrogens is 1. The van der Waals surface area contributed by atoms with E-state index < -0.39 is 0 Å². The molecule has 0 bridgehead atoms. The molecule has 0 aliphatic rings. The van der Waals surface area contributed by atoms with Crippen molar-refractivity contribution in [2.45, 2.75) is 19.4 Å². The van der Waals surface area contributed by atoms with Gasteiger partial charge in [-0.2, -0.15) is 0 Å². The molecule has 3 N–H and O–H groups in total. The number of rotatable bonds is 2. The summed E-state index contributed by atoms with van der Waals surface area (Å²) in [6.45, 7) is 2.10. The quantitative estimate of drug-likeness (QED) is 0.846. The topological polar surface area (TPSA) is 41.8 Å². The second kappa shape index (κ2) is 3.75. The maximum Gasteiger partial charge on any atom is 0.0468 e. The van der Waals surface area contributed by atoms with Crippen LogP contribution in [0.3, 0.4) is 0 Å². The predicted molar refractivity (Wildman–Crippen MR) is 63.2 cm³/mol. The molecule has 1 aromatic heterocycles. The molecule has 0 aliphatic heterocycles. The summed E-state index contributed by atoms with van der Waals surface area (Å²) in [7, 11) is 0. The van der Waals surface area contributed by atoms with E-state index in [4.69, 9.17) is 5.73 Å². The van der Waals surface area contributed by atoms with Crippen LogP contribution in [0.1, 0.15) is 24.9 Å². The molecule has 1 unspecified atom stereocenters. The van der Waals surface area contributed by atoms with Crippen LogP contribution in [0.15, 0.2) is 28.9 Å². The molecule has 1 heterocycles. The van der Waals surface area contributed by atoms with E-state index in [-0.39, 0.29) is 6.04 Å². The van der Waals surface area contributed by atoms with Gasteiger partial charge >= 0.3 is 0 Å². The van der Waals surface area contributed by atoms with Crippen molar-refractivity contribution in [1.82, 2.24) is 4.98 Å². The van der Waals surface area contributed by atoms with Gasteiger partial charge in [-0.05, 0) is 24.1 Å². The second-order valence-corrected chi connectivity index (χ2v) is 4.36. The second-order valence-electron chi connectivity index (χ2n) is 3.45. The highest BCUT2D eigenvalue weighted by molar-refractivity contribution is 9.10. The van der Waals surface area contributed by atoms with Crippen LogP contribution in [0.4, 0.5) is 0 Å². The molecule has 0 amide bonds. The van der Waals surface area contributed by atoms with Crippen LogP contribution in [-0.2, 0) is 0 Å². The fraction of sp³-hybridized carbons (Fsp3) is 0.273. The van der Waals surface area contributed by atoms with Gasteiger partial charge in [0.25, 0.3) is 0 Å². The normalized spacial score (nSPS) is 13.4. The molecule has 2 nitrogen and oxygen atoms in total. The van der Waals surface area contributed by atoms with Crippen molar-refractivity contribution >= 4 is 26.8 Å². The standard InChI is InChI=1S/C11H13BrN2/c1-2-10(13)9-6-14-11-5-7(12)3-4-8(9)11/h3-6,10,14H,2,13H2,1H3. The summed E-state index contributed by atoms with van der Waals surface area (Å²) in [5, 5.41) is 1.22. The molecular weight excluding hydrogens is 240 g/mol. The van der Waals surface area contributed by atoms with Gasteiger partial charge in [0.05, 0.1) is 0 Å². The fourth-order valence-electron chi connectivity index (χ4n) is 1.65. The van der Waals surface area contributed by atoms with Crippen molar-refractivity contribution in [3.05, 3.63) is 34.4 Å². The third-order valence-corrected chi connectivity index (χ3v) is 3.01. The molecule has 0 aliphatic carbocycles. The average Bonchev–Trinajstić information content (AvgIpc) is 2.59. The van der Waals surface area contributed by atoms with Gasteiger partial charge in [0.1, 0.15) is 0 Å². The first kappa shape index (κ1) is 9.74. The average molecular weight is 253 g/mol. The minimum Gasteiger partial charge on any atom is -0.361 e. The van der Waals surface area contributed by atoms with Crippen LogP contribution in [0.2, 0.25) is 0 Å². The van der Waals surface area contributed by atoms with Crippen molar-refractivity contribution in [2.75, 3.05) is 0 Å². The number of H-pyrrole nitrogens is 1. The number of hydrogen-bond donors (Lipinski definition) is 2. The van der Waals surface area contributed by atoms with Crippen LogP contribution in [0.5, 0.6) is 0 Å². The molecule has 0 radical (unpaired) electrons. The Labute approximate surface area is 91.6 Å². The fourth-order valence-corrected chi connectivity index (χ4v) is 2.01. The van der Waals surface area contributed by atoms with Crippen LogP contribution in [0.25, 0.3) is 10.9 Å². The van der Waals surface area contributed by atoms with Crippen LogP contribution in [-0.4, -0.2) is 4.98 Å².